The molecule has 0 saturated carbocycles. The zero-order valence-electron chi connectivity index (χ0n) is 39.5. The van der Waals surface area contributed by atoms with E-state index in [9.17, 15) is 20.1 Å². The first-order chi connectivity index (χ1) is 28.6. The van der Waals surface area contributed by atoms with Gasteiger partial charge in [0, 0.05) is 6.42 Å². The fraction of sp³-hybridized carbons (Fsp3) is 0.943. The maximum absolute atomic E-state index is 12.5. The van der Waals surface area contributed by atoms with Crippen LogP contribution < -0.4 is 5.32 Å². The van der Waals surface area contributed by atoms with Gasteiger partial charge in [0.15, 0.2) is 0 Å². The molecule has 0 aromatic rings. The second-order valence-electron chi connectivity index (χ2n) is 18.4. The molecule has 0 aliphatic carbocycles. The fourth-order valence-electron chi connectivity index (χ4n) is 8.52. The van der Waals surface area contributed by atoms with E-state index < -0.39 is 18.2 Å². The molecule has 0 rings (SSSR count). The fourth-order valence-corrected chi connectivity index (χ4v) is 8.52. The van der Waals surface area contributed by atoms with Crippen molar-refractivity contribution >= 4 is 5.91 Å². The van der Waals surface area contributed by atoms with E-state index >= 15 is 0 Å². The van der Waals surface area contributed by atoms with E-state index in [0.717, 1.165) is 38.5 Å². The van der Waals surface area contributed by atoms with Crippen LogP contribution in [-0.2, 0) is 4.79 Å². The van der Waals surface area contributed by atoms with E-state index in [-0.39, 0.29) is 12.5 Å². The highest BCUT2D eigenvalue weighted by Crippen LogP contribution is 2.17. The predicted molar refractivity (Wildman–Crippen MR) is 255 cm³/mol. The molecule has 0 bridgehead atoms. The number of hydrogen-bond acceptors (Lipinski definition) is 4. The van der Waals surface area contributed by atoms with Gasteiger partial charge in [-0.1, -0.05) is 264 Å². The maximum atomic E-state index is 12.5. The van der Waals surface area contributed by atoms with Crippen LogP contribution in [0.3, 0.4) is 0 Å². The zero-order valence-corrected chi connectivity index (χ0v) is 39.5. The molecule has 0 spiro atoms. The van der Waals surface area contributed by atoms with Gasteiger partial charge in [-0.05, 0) is 38.5 Å². The van der Waals surface area contributed by atoms with Gasteiger partial charge >= 0.3 is 0 Å². The van der Waals surface area contributed by atoms with Gasteiger partial charge in [0.05, 0.1) is 18.8 Å². The number of aliphatic hydroxyl groups is 3. The second kappa shape index (κ2) is 48.8. The molecule has 0 aliphatic heterocycles. The molecule has 3 unspecified atom stereocenters. The Morgan fingerprint density at radius 1 is 0.414 bits per heavy atom. The van der Waals surface area contributed by atoms with E-state index in [1.807, 2.05) is 0 Å². The lowest BCUT2D eigenvalue weighted by atomic mass is 10.0. The van der Waals surface area contributed by atoms with Crippen molar-refractivity contribution in [1.29, 1.82) is 0 Å². The van der Waals surface area contributed by atoms with Crippen molar-refractivity contribution in [1.82, 2.24) is 5.32 Å². The largest absolute Gasteiger partial charge is 0.394 e. The van der Waals surface area contributed by atoms with Gasteiger partial charge in [0.2, 0.25) is 5.91 Å². The first-order valence-corrected chi connectivity index (χ1v) is 26.5. The third-order valence-electron chi connectivity index (χ3n) is 12.6. The van der Waals surface area contributed by atoms with Crippen molar-refractivity contribution in [3.63, 3.8) is 0 Å². The van der Waals surface area contributed by atoms with Crippen molar-refractivity contribution in [2.24, 2.45) is 0 Å². The molecule has 0 radical (unpaired) electrons. The summed E-state index contributed by atoms with van der Waals surface area (Å²) >= 11 is 0. The van der Waals surface area contributed by atoms with Crippen LogP contribution in [0.2, 0.25) is 0 Å². The maximum Gasteiger partial charge on any atom is 0.220 e. The van der Waals surface area contributed by atoms with Crippen LogP contribution in [0.15, 0.2) is 12.2 Å². The molecule has 0 aromatic heterocycles. The lowest BCUT2D eigenvalue weighted by Gasteiger charge is -2.26. The number of rotatable bonds is 49. The van der Waals surface area contributed by atoms with Crippen molar-refractivity contribution < 1.29 is 20.1 Å². The molecule has 1 amide bonds. The zero-order chi connectivity index (χ0) is 42.3. The van der Waals surface area contributed by atoms with Gasteiger partial charge in [-0.2, -0.15) is 0 Å². The number of carbonyl (C=O) groups excluding carboxylic acids is 1. The molecule has 3 atom stereocenters. The molecule has 346 valence electrons. The summed E-state index contributed by atoms with van der Waals surface area (Å²) < 4.78 is 0. The summed E-state index contributed by atoms with van der Waals surface area (Å²) in [5.74, 6) is -0.148. The van der Waals surface area contributed by atoms with E-state index in [1.165, 1.54) is 231 Å². The van der Waals surface area contributed by atoms with Crippen molar-refractivity contribution in [2.75, 3.05) is 6.61 Å². The smallest absolute Gasteiger partial charge is 0.220 e. The van der Waals surface area contributed by atoms with Gasteiger partial charge in [-0.15, -0.1) is 0 Å². The third kappa shape index (κ3) is 43.2. The normalized spacial score (nSPS) is 13.4. The summed E-state index contributed by atoms with van der Waals surface area (Å²) in [6, 6.07) is -0.822. The average Bonchev–Trinajstić information content (AvgIpc) is 3.23. The van der Waals surface area contributed by atoms with Crippen LogP contribution in [-0.4, -0.2) is 46.1 Å². The second-order valence-corrected chi connectivity index (χ2v) is 18.4. The predicted octanol–water partition coefficient (Wildman–Crippen LogP) is 15.9. The lowest BCUT2D eigenvalue weighted by molar-refractivity contribution is -0.124. The Bertz CT molecular complexity index is 818. The number of amides is 1. The van der Waals surface area contributed by atoms with Crippen molar-refractivity contribution in [2.45, 2.75) is 315 Å². The van der Waals surface area contributed by atoms with Gasteiger partial charge in [-0.3, -0.25) is 4.79 Å². The third-order valence-corrected chi connectivity index (χ3v) is 12.6. The minimum absolute atomic E-state index is 0.148. The Morgan fingerprint density at radius 3 is 1.00 bits per heavy atom. The molecule has 4 N–H and O–H groups in total. The Labute approximate surface area is 363 Å². The summed E-state index contributed by atoms with van der Waals surface area (Å²) in [6.45, 7) is 4.21. The van der Waals surface area contributed by atoms with Crippen LogP contribution in [0.4, 0.5) is 0 Å². The Morgan fingerprint density at radius 2 is 0.690 bits per heavy atom. The quantitative estimate of drug-likeness (QED) is 0.0364. The van der Waals surface area contributed by atoms with Gasteiger partial charge in [0.1, 0.15) is 6.10 Å². The Kier molecular flexibility index (Phi) is 48.0. The topological polar surface area (TPSA) is 89.8 Å². The highest BCUT2D eigenvalue weighted by molar-refractivity contribution is 5.76. The highest BCUT2D eigenvalue weighted by Gasteiger charge is 2.26. The SMILES string of the molecule is CCCCCCCCCCCCCCCCCCCC/C=C/CCCC(O)C(O)C(CO)NC(=O)CCCCCCCCCCCCCCCCCCCCCCC. The van der Waals surface area contributed by atoms with Crippen LogP contribution in [0.25, 0.3) is 0 Å². The van der Waals surface area contributed by atoms with Crippen molar-refractivity contribution in [3.8, 4) is 0 Å². The van der Waals surface area contributed by atoms with E-state index in [0.29, 0.717) is 12.8 Å². The van der Waals surface area contributed by atoms with Gasteiger partial charge in [0.25, 0.3) is 0 Å². The molecule has 5 heteroatoms. The molecule has 0 saturated heterocycles. The van der Waals surface area contributed by atoms with E-state index in [4.69, 9.17) is 0 Å². The Balaban J connectivity index is 3.56. The van der Waals surface area contributed by atoms with Gasteiger partial charge < -0.3 is 20.6 Å². The Hall–Kier alpha value is -0.910. The average molecular weight is 820 g/mol. The van der Waals surface area contributed by atoms with Crippen LogP contribution in [0.1, 0.15) is 296 Å². The lowest BCUT2D eigenvalue weighted by Crippen LogP contribution is -2.50. The summed E-state index contributed by atoms with van der Waals surface area (Å²) in [5, 5.41) is 33.7. The molecular weight excluding hydrogens is 715 g/mol. The van der Waals surface area contributed by atoms with Crippen LogP contribution in [0.5, 0.6) is 0 Å². The van der Waals surface area contributed by atoms with Crippen molar-refractivity contribution in [3.05, 3.63) is 12.2 Å². The minimum Gasteiger partial charge on any atom is -0.394 e. The number of carbonyl (C=O) groups is 1. The standard InChI is InChI=1S/C53H105NO4/c1-3-5-7-9-11-13-15-17-19-21-23-25-26-28-29-31-33-35-37-39-41-43-45-47-51(56)53(58)50(49-55)54-52(57)48-46-44-42-40-38-36-34-32-30-27-24-22-20-18-16-14-12-10-8-6-4-2/h39,41,50-51,53,55-56,58H,3-38,40,42-49H2,1-2H3,(H,54,57)/b41-39+. The molecule has 5 nitrogen and oxygen atoms in total. The monoisotopic (exact) mass is 820 g/mol. The number of hydrogen-bond donors (Lipinski definition) is 4. The summed E-state index contributed by atoms with van der Waals surface area (Å²) in [4.78, 5) is 12.5. The molecule has 0 fully saturated rings. The molecule has 0 aliphatic rings. The molecule has 0 heterocycles. The van der Waals surface area contributed by atoms with Gasteiger partial charge in [-0.25, -0.2) is 0 Å². The number of aliphatic hydroxyl groups excluding tert-OH is 3. The highest BCUT2D eigenvalue weighted by atomic mass is 16.3. The number of allylic oxidation sites excluding steroid dienone is 2. The minimum atomic E-state index is -1.16. The number of nitrogens with one attached hydrogen (secondary N) is 1. The number of unbranched alkanes of at least 4 members (excludes halogenated alkanes) is 39. The van der Waals surface area contributed by atoms with Crippen LogP contribution >= 0.6 is 0 Å². The summed E-state index contributed by atoms with van der Waals surface area (Å²) in [5.41, 5.74) is 0. The molecular formula is C53H105NO4. The molecule has 0 aromatic carbocycles. The first-order valence-electron chi connectivity index (χ1n) is 26.5. The first kappa shape index (κ1) is 57.1. The van der Waals surface area contributed by atoms with E-state index in [1.54, 1.807) is 0 Å². The van der Waals surface area contributed by atoms with E-state index in [2.05, 4.69) is 31.3 Å². The summed E-state index contributed by atoms with van der Waals surface area (Å²) in [6.07, 6.45) is 59.3. The summed E-state index contributed by atoms with van der Waals surface area (Å²) in [7, 11) is 0. The van der Waals surface area contributed by atoms with Crippen LogP contribution in [0, 0.1) is 0 Å². The molecule has 58 heavy (non-hydrogen) atoms.